The number of hydrogen-bond donors (Lipinski definition) is 2. The minimum Gasteiger partial charge on any atom is -0.382 e. The standard InChI is InChI=1S/C10H12N6O/c11-2-6-1-8(17)16(5-6)10-14-4-7(3-12)9(13)15-10/h4,6H,1-2,5,11H2,(H2,13,14,15). The lowest BCUT2D eigenvalue weighted by Crippen LogP contribution is -2.28. The van der Waals surface area contributed by atoms with Gasteiger partial charge < -0.3 is 11.5 Å². The SMILES string of the molecule is N#Cc1cnc(N2CC(CN)CC2=O)nc1N. The van der Waals surface area contributed by atoms with Crippen molar-refractivity contribution in [3.8, 4) is 6.07 Å². The molecule has 1 aliphatic heterocycles. The zero-order valence-corrected chi connectivity index (χ0v) is 9.13. The van der Waals surface area contributed by atoms with Crippen LogP contribution in [-0.4, -0.2) is 29.0 Å². The number of carbonyl (C=O) groups is 1. The number of amides is 1. The maximum Gasteiger partial charge on any atom is 0.234 e. The van der Waals surface area contributed by atoms with Gasteiger partial charge >= 0.3 is 0 Å². The molecule has 7 heteroatoms. The summed E-state index contributed by atoms with van der Waals surface area (Å²) in [4.78, 5) is 21.1. The Kier molecular flexibility index (Phi) is 2.89. The lowest BCUT2D eigenvalue weighted by molar-refractivity contribution is -0.117. The minimum atomic E-state index is -0.0652. The van der Waals surface area contributed by atoms with Crippen molar-refractivity contribution >= 4 is 17.7 Å². The van der Waals surface area contributed by atoms with Crippen molar-refractivity contribution < 1.29 is 4.79 Å². The van der Waals surface area contributed by atoms with Gasteiger partial charge in [-0.3, -0.25) is 9.69 Å². The number of aromatic nitrogens is 2. The lowest BCUT2D eigenvalue weighted by Gasteiger charge is -2.14. The molecule has 1 amide bonds. The maximum absolute atomic E-state index is 11.7. The highest BCUT2D eigenvalue weighted by Crippen LogP contribution is 2.22. The molecular formula is C10H12N6O. The molecular weight excluding hydrogens is 220 g/mol. The van der Waals surface area contributed by atoms with Gasteiger partial charge in [0.25, 0.3) is 0 Å². The highest BCUT2D eigenvalue weighted by molar-refractivity contribution is 5.94. The van der Waals surface area contributed by atoms with Crippen LogP contribution in [0.15, 0.2) is 6.20 Å². The second-order valence-corrected chi connectivity index (χ2v) is 3.89. The molecule has 1 aromatic rings. The van der Waals surface area contributed by atoms with Gasteiger partial charge in [-0.15, -0.1) is 0 Å². The molecule has 88 valence electrons. The molecule has 2 heterocycles. The largest absolute Gasteiger partial charge is 0.382 e. The molecule has 0 aliphatic carbocycles. The number of nitrogen functional groups attached to an aromatic ring is 1. The van der Waals surface area contributed by atoms with Gasteiger partial charge in [0.1, 0.15) is 17.5 Å². The third-order valence-electron chi connectivity index (χ3n) is 2.71. The van der Waals surface area contributed by atoms with E-state index in [1.165, 1.54) is 11.1 Å². The molecule has 2 rings (SSSR count). The van der Waals surface area contributed by atoms with E-state index >= 15 is 0 Å². The fourth-order valence-corrected chi connectivity index (χ4v) is 1.73. The van der Waals surface area contributed by atoms with Crippen molar-refractivity contribution in [1.82, 2.24) is 9.97 Å². The molecule has 7 nitrogen and oxygen atoms in total. The second-order valence-electron chi connectivity index (χ2n) is 3.89. The number of carbonyl (C=O) groups excluding carboxylic acids is 1. The molecule has 1 aromatic heterocycles. The van der Waals surface area contributed by atoms with Crippen molar-refractivity contribution in [2.24, 2.45) is 11.7 Å². The third kappa shape index (κ3) is 2.03. The Hall–Kier alpha value is -2.20. The average Bonchev–Trinajstić information content (AvgIpc) is 2.70. The van der Waals surface area contributed by atoms with Gasteiger partial charge in [-0.2, -0.15) is 10.2 Å². The first-order valence-electron chi connectivity index (χ1n) is 5.18. The first-order chi connectivity index (χ1) is 8.15. The summed E-state index contributed by atoms with van der Waals surface area (Å²) in [7, 11) is 0. The van der Waals surface area contributed by atoms with Crippen LogP contribution in [0.1, 0.15) is 12.0 Å². The van der Waals surface area contributed by atoms with Crippen LogP contribution in [0.2, 0.25) is 0 Å². The summed E-state index contributed by atoms with van der Waals surface area (Å²) in [5.74, 6) is 0.386. The van der Waals surface area contributed by atoms with E-state index in [4.69, 9.17) is 16.7 Å². The van der Waals surface area contributed by atoms with Crippen LogP contribution in [0.5, 0.6) is 0 Å². The van der Waals surface area contributed by atoms with Crippen molar-refractivity contribution in [2.45, 2.75) is 6.42 Å². The Balaban J connectivity index is 2.27. The van der Waals surface area contributed by atoms with Crippen LogP contribution in [0.25, 0.3) is 0 Å². The molecule has 1 aliphatic rings. The average molecular weight is 232 g/mol. The zero-order valence-electron chi connectivity index (χ0n) is 9.13. The summed E-state index contributed by atoms with van der Waals surface area (Å²) < 4.78 is 0. The number of nitriles is 1. The van der Waals surface area contributed by atoms with Crippen molar-refractivity contribution in [1.29, 1.82) is 5.26 Å². The molecule has 0 saturated carbocycles. The first kappa shape index (κ1) is 11.3. The van der Waals surface area contributed by atoms with Crippen LogP contribution in [-0.2, 0) is 4.79 Å². The van der Waals surface area contributed by atoms with E-state index in [-0.39, 0.29) is 29.2 Å². The third-order valence-corrected chi connectivity index (χ3v) is 2.71. The number of rotatable bonds is 2. The molecule has 0 bridgehead atoms. The van der Waals surface area contributed by atoms with E-state index in [1.807, 2.05) is 6.07 Å². The van der Waals surface area contributed by atoms with Gasteiger partial charge in [-0.1, -0.05) is 0 Å². The van der Waals surface area contributed by atoms with Crippen LogP contribution in [0.4, 0.5) is 11.8 Å². The smallest absolute Gasteiger partial charge is 0.234 e. The molecule has 1 unspecified atom stereocenters. The molecule has 1 fully saturated rings. The predicted octanol–water partition coefficient (Wildman–Crippen LogP) is -0.758. The Labute approximate surface area is 98.0 Å². The monoisotopic (exact) mass is 232 g/mol. The molecule has 4 N–H and O–H groups in total. The Bertz CT molecular complexity index is 494. The molecule has 17 heavy (non-hydrogen) atoms. The highest BCUT2D eigenvalue weighted by Gasteiger charge is 2.31. The fraction of sp³-hybridized carbons (Fsp3) is 0.400. The van der Waals surface area contributed by atoms with Crippen molar-refractivity contribution in [2.75, 3.05) is 23.7 Å². The van der Waals surface area contributed by atoms with Gasteiger partial charge in [0, 0.05) is 13.0 Å². The maximum atomic E-state index is 11.7. The first-order valence-corrected chi connectivity index (χ1v) is 5.18. The van der Waals surface area contributed by atoms with E-state index in [0.717, 1.165) is 0 Å². The number of anilines is 2. The quantitative estimate of drug-likeness (QED) is 0.691. The van der Waals surface area contributed by atoms with Gasteiger partial charge in [0.15, 0.2) is 0 Å². The minimum absolute atomic E-state index is 0.0652. The van der Waals surface area contributed by atoms with Crippen LogP contribution in [0.3, 0.4) is 0 Å². The molecule has 0 aromatic carbocycles. The highest BCUT2D eigenvalue weighted by atomic mass is 16.2. The van der Waals surface area contributed by atoms with E-state index in [0.29, 0.717) is 19.5 Å². The van der Waals surface area contributed by atoms with Crippen molar-refractivity contribution in [3.63, 3.8) is 0 Å². The Morgan fingerprint density at radius 3 is 2.94 bits per heavy atom. The summed E-state index contributed by atoms with van der Waals surface area (Å²) in [5.41, 5.74) is 11.3. The van der Waals surface area contributed by atoms with Crippen molar-refractivity contribution in [3.05, 3.63) is 11.8 Å². The Morgan fingerprint density at radius 2 is 2.41 bits per heavy atom. The zero-order chi connectivity index (χ0) is 12.4. The van der Waals surface area contributed by atoms with E-state index in [1.54, 1.807) is 0 Å². The summed E-state index contributed by atoms with van der Waals surface area (Å²) in [6.45, 7) is 0.953. The summed E-state index contributed by atoms with van der Waals surface area (Å²) in [5, 5.41) is 8.70. The number of nitrogens with zero attached hydrogens (tertiary/aromatic N) is 4. The van der Waals surface area contributed by atoms with Crippen LogP contribution in [0, 0.1) is 17.2 Å². The topological polar surface area (TPSA) is 122 Å². The van der Waals surface area contributed by atoms with Gasteiger partial charge in [-0.25, -0.2) is 4.98 Å². The molecule has 1 atom stereocenters. The van der Waals surface area contributed by atoms with Crippen LogP contribution >= 0.6 is 0 Å². The molecule has 1 saturated heterocycles. The fourth-order valence-electron chi connectivity index (χ4n) is 1.73. The molecule has 0 spiro atoms. The number of nitrogens with two attached hydrogens (primary N) is 2. The van der Waals surface area contributed by atoms with Crippen LogP contribution < -0.4 is 16.4 Å². The van der Waals surface area contributed by atoms with Gasteiger partial charge in [0.2, 0.25) is 11.9 Å². The normalized spacial score (nSPS) is 19.4. The summed E-state index contributed by atoms with van der Waals surface area (Å²) in [6.07, 6.45) is 1.72. The van der Waals surface area contributed by atoms with E-state index in [2.05, 4.69) is 9.97 Å². The summed E-state index contributed by atoms with van der Waals surface area (Å²) >= 11 is 0. The van der Waals surface area contributed by atoms with Gasteiger partial charge in [0.05, 0.1) is 6.20 Å². The summed E-state index contributed by atoms with van der Waals surface area (Å²) in [6, 6.07) is 1.87. The lowest BCUT2D eigenvalue weighted by atomic mass is 10.1. The Morgan fingerprint density at radius 1 is 1.65 bits per heavy atom. The van der Waals surface area contributed by atoms with Gasteiger partial charge in [-0.05, 0) is 12.5 Å². The number of hydrogen-bond acceptors (Lipinski definition) is 6. The van der Waals surface area contributed by atoms with E-state index in [9.17, 15) is 4.79 Å². The molecule has 0 radical (unpaired) electrons. The second kappa shape index (κ2) is 4.35. The van der Waals surface area contributed by atoms with E-state index < -0.39 is 0 Å². The predicted molar refractivity (Wildman–Crippen MR) is 60.7 cm³/mol.